The lowest BCUT2D eigenvalue weighted by molar-refractivity contribution is 0.606. The molecular formula is C11H12BrFN2. The minimum absolute atomic E-state index is 0.314. The Morgan fingerprint density at radius 2 is 2.33 bits per heavy atom. The maximum atomic E-state index is 13.0. The van der Waals surface area contributed by atoms with Crippen LogP contribution in [0.5, 0.6) is 0 Å². The molecule has 15 heavy (non-hydrogen) atoms. The standard InChI is InChI=1S/C11H12BrFN2/c1-2-5-15-11(7-14)8-3-4-10(13)9(12)6-8/h3-4,6,11,15H,2,5H2,1H3. The normalized spacial score (nSPS) is 12.1. The molecule has 0 aliphatic heterocycles. The maximum absolute atomic E-state index is 13.0. The van der Waals surface area contributed by atoms with Gasteiger partial charge in [0.25, 0.3) is 0 Å². The van der Waals surface area contributed by atoms with Crippen molar-refractivity contribution in [1.82, 2.24) is 5.32 Å². The smallest absolute Gasteiger partial charge is 0.137 e. The number of benzene rings is 1. The molecule has 2 nitrogen and oxygen atoms in total. The molecule has 1 rings (SSSR count). The first-order valence-corrected chi connectivity index (χ1v) is 5.56. The summed E-state index contributed by atoms with van der Waals surface area (Å²) in [6.07, 6.45) is 0.959. The highest BCUT2D eigenvalue weighted by Gasteiger charge is 2.10. The molecule has 1 aromatic rings. The Bertz CT molecular complexity index is 373. The molecule has 0 aromatic heterocycles. The van der Waals surface area contributed by atoms with Crippen LogP contribution in [0.1, 0.15) is 24.9 Å². The van der Waals surface area contributed by atoms with Crippen molar-refractivity contribution in [1.29, 1.82) is 5.26 Å². The van der Waals surface area contributed by atoms with Gasteiger partial charge in [-0.15, -0.1) is 0 Å². The zero-order chi connectivity index (χ0) is 11.3. The molecule has 80 valence electrons. The van der Waals surface area contributed by atoms with E-state index in [2.05, 4.69) is 27.3 Å². The third-order valence-corrected chi connectivity index (χ3v) is 2.61. The summed E-state index contributed by atoms with van der Waals surface area (Å²) in [5.74, 6) is -0.314. The van der Waals surface area contributed by atoms with Gasteiger partial charge in [0.2, 0.25) is 0 Å². The molecule has 0 heterocycles. The van der Waals surface area contributed by atoms with E-state index in [1.165, 1.54) is 6.07 Å². The van der Waals surface area contributed by atoms with Crippen molar-refractivity contribution < 1.29 is 4.39 Å². The third-order valence-electron chi connectivity index (χ3n) is 2.00. The first-order valence-electron chi connectivity index (χ1n) is 4.77. The Morgan fingerprint density at radius 3 is 2.87 bits per heavy atom. The van der Waals surface area contributed by atoms with Crippen LogP contribution >= 0.6 is 15.9 Å². The molecule has 0 saturated carbocycles. The van der Waals surface area contributed by atoms with Gasteiger partial charge in [0.15, 0.2) is 0 Å². The number of hydrogen-bond acceptors (Lipinski definition) is 2. The van der Waals surface area contributed by atoms with Crippen LogP contribution in [-0.2, 0) is 0 Å². The summed E-state index contributed by atoms with van der Waals surface area (Å²) in [4.78, 5) is 0. The topological polar surface area (TPSA) is 35.8 Å². The first-order chi connectivity index (χ1) is 7.19. The van der Waals surface area contributed by atoms with Crippen LogP contribution in [0, 0.1) is 17.1 Å². The first kappa shape index (κ1) is 12.2. The highest BCUT2D eigenvalue weighted by atomic mass is 79.9. The van der Waals surface area contributed by atoms with Crippen molar-refractivity contribution in [3.63, 3.8) is 0 Å². The van der Waals surface area contributed by atoms with E-state index >= 15 is 0 Å². The lowest BCUT2D eigenvalue weighted by Gasteiger charge is -2.11. The Kier molecular flexibility index (Phi) is 4.73. The van der Waals surface area contributed by atoms with Gasteiger partial charge in [-0.1, -0.05) is 13.0 Å². The van der Waals surface area contributed by atoms with Gasteiger partial charge in [0.1, 0.15) is 11.9 Å². The number of rotatable bonds is 4. The molecule has 0 fully saturated rings. The number of nitriles is 1. The largest absolute Gasteiger partial charge is 0.298 e. The van der Waals surface area contributed by atoms with Crippen molar-refractivity contribution in [3.8, 4) is 6.07 Å². The molecular weight excluding hydrogens is 259 g/mol. The number of hydrogen-bond donors (Lipinski definition) is 1. The Hall–Kier alpha value is -0.920. The molecule has 0 amide bonds. The van der Waals surface area contributed by atoms with Crippen molar-refractivity contribution in [2.45, 2.75) is 19.4 Å². The molecule has 1 aromatic carbocycles. The van der Waals surface area contributed by atoms with E-state index in [0.717, 1.165) is 18.5 Å². The van der Waals surface area contributed by atoms with Crippen molar-refractivity contribution in [2.75, 3.05) is 6.54 Å². The lowest BCUT2D eigenvalue weighted by Crippen LogP contribution is -2.20. The van der Waals surface area contributed by atoms with Gasteiger partial charge in [-0.2, -0.15) is 5.26 Å². The van der Waals surface area contributed by atoms with Gasteiger partial charge in [-0.05, 0) is 46.6 Å². The quantitative estimate of drug-likeness (QED) is 0.913. The summed E-state index contributed by atoms with van der Waals surface area (Å²) in [6.45, 7) is 2.80. The van der Waals surface area contributed by atoms with Gasteiger partial charge in [-0.25, -0.2) is 4.39 Å². The van der Waals surface area contributed by atoms with E-state index in [4.69, 9.17) is 5.26 Å². The van der Waals surface area contributed by atoms with E-state index in [-0.39, 0.29) is 11.9 Å². The van der Waals surface area contributed by atoms with E-state index in [0.29, 0.717) is 4.47 Å². The van der Waals surface area contributed by atoms with Crippen LogP contribution in [0.25, 0.3) is 0 Å². The van der Waals surface area contributed by atoms with Crippen molar-refractivity contribution in [3.05, 3.63) is 34.1 Å². The summed E-state index contributed by atoms with van der Waals surface area (Å²) in [5.41, 5.74) is 0.777. The molecule has 0 radical (unpaired) electrons. The van der Waals surface area contributed by atoms with Crippen LogP contribution in [0.3, 0.4) is 0 Å². The Morgan fingerprint density at radius 1 is 1.60 bits per heavy atom. The number of nitrogens with zero attached hydrogens (tertiary/aromatic N) is 1. The summed E-state index contributed by atoms with van der Waals surface area (Å²) in [6, 6.07) is 6.38. The second-order valence-corrected chi connectivity index (χ2v) is 4.04. The Balaban J connectivity index is 2.84. The molecule has 1 unspecified atom stereocenters. The lowest BCUT2D eigenvalue weighted by atomic mass is 10.1. The molecule has 0 bridgehead atoms. The molecule has 0 saturated heterocycles. The van der Waals surface area contributed by atoms with Gasteiger partial charge >= 0.3 is 0 Å². The van der Waals surface area contributed by atoms with Gasteiger partial charge in [0, 0.05) is 0 Å². The van der Waals surface area contributed by atoms with Gasteiger partial charge in [0.05, 0.1) is 10.5 Å². The number of nitrogens with one attached hydrogen (secondary N) is 1. The fraction of sp³-hybridized carbons (Fsp3) is 0.364. The highest BCUT2D eigenvalue weighted by molar-refractivity contribution is 9.10. The van der Waals surface area contributed by atoms with Crippen LogP contribution in [-0.4, -0.2) is 6.54 Å². The molecule has 0 aliphatic carbocycles. The fourth-order valence-electron chi connectivity index (χ4n) is 1.22. The molecule has 0 spiro atoms. The predicted molar refractivity (Wildman–Crippen MR) is 60.7 cm³/mol. The number of halogens is 2. The van der Waals surface area contributed by atoms with Gasteiger partial charge in [-0.3, -0.25) is 5.32 Å². The summed E-state index contributed by atoms with van der Waals surface area (Å²) in [5, 5.41) is 12.0. The average Bonchev–Trinajstić information content (AvgIpc) is 2.24. The predicted octanol–water partition coefficient (Wildman–Crippen LogP) is 3.15. The Labute approximate surface area is 97.2 Å². The maximum Gasteiger partial charge on any atom is 0.137 e. The van der Waals surface area contributed by atoms with E-state index in [1.807, 2.05) is 6.92 Å². The van der Waals surface area contributed by atoms with Crippen molar-refractivity contribution in [2.24, 2.45) is 0 Å². The fourth-order valence-corrected chi connectivity index (χ4v) is 1.62. The van der Waals surface area contributed by atoms with Crippen LogP contribution in [0.2, 0.25) is 0 Å². The van der Waals surface area contributed by atoms with Gasteiger partial charge < -0.3 is 0 Å². The summed E-state index contributed by atoms with van der Waals surface area (Å²) < 4.78 is 13.4. The van der Waals surface area contributed by atoms with Crippen LogP contribution < -0.4 is 5.32 Å². The average molecular weight is 271 g/mol. The van der Waals surface area contributed by atoms with E-state index in [9.17, 15) is 4.39 Å². The summed E-state index contributed by atoms with van der Waals surface area (Å²) >= 11 is 3.10. The SMILES string of the molecule is CCCNC(C#N)c1ccc(F)c(Br)c1. The van der Waals surface area contributed by atoms with E-state index < -0.39 is 0 Å². The summed E-state index contributed by atoms with van der Waals surface area (Å²) in [7, 11) is 0. The van der Waals surface area contributed by atoms with Crippen LogP contribution in [0.4, 0.5) is 4.39 Å². The zero-order valence-electron chi connectivity index (χ0n) is 8.43. The monoisotopic (exact) mass is 270 g/mol. The molecule has 1 atom stereocenters. The third kappa shape index (κ3) is 3.29. The van der Waals surface area contributed by atoms with Crippen molar-refractivity contribution >= 4 is 15.9 Å². The van der Waals surface area contributed by atoms with E-state index in [1.54, 1.807) is 12.1 Å². The zero-order valence-corrected chi connectivity index (χ0v) is 10.0. The molecule has 4 heteroatoms. The molecule has 1 N–H and O–H groups in total. The molecule has 0 aliphatic rings. The second-order valence-electron chi connectivity index (χ2n) is 3.19. The van der Waals surface area contributed by atoms with Crippen LogP contribution in [0.15, 0.2) is 22.7 Å². The minimum Gasteiger partial charge on any atom is -0.298 e. The minimum atomic E-state index is -0.373. The second kappa shape index (κ2) is 5.84. The highest BCUT2D eigenvalue weighted by Crippen LogP contribution is 2.21.